The van der Waals surface area contributed by atoms with E-state index in [4.69, 9.17) is 11.6 Å². The van der Waals surface area contributed by atoms with Crippen molar-refractivity contribution in [3.8, 4) is 11.1 Å². The third-order valence-electron chi connectivity index (χ3n) is 4.76. The van der Waals surface area contributed by atoms with Gasteiger partial charge in [0.1, 0.15) is 5.82 Å². The highest BCUT2D eigenvalue weighted by atomic mass is 35.5. The van der Waals surface area contributed by atoms with Gasteiger partial charge in [0.25, 0.3) is 0 Å². The van der Waals surface area contributed by atoms with E-state index < -0.39 is 0 Å². The van der Waals surface area contributed by atoms with E-state index in [-0.39, 0.29) is 0 Å². The van der Waals surface area contributed by atoms with Gasteiger partial charge in [0.15, 0.2) is 0 Å². The molecule has 27 heavy (non-hydrogen) atoms. The van der Waals surface area contributed by atoms with Crippen molar-refractivity contribution >= 4 is 29.1 Å². The topological polar surface area (TPSA) is 44.3 Å². The highest BCUT2D eigenvalue weighted by Crippen LogP contribution is 2.24. The summed E-state index contributed by atoms with van der Waals surface area (Å²) in [5.74, 6) is 1.59. The lowest BCUT2D eigenvalue weighted by Gasteiger charge is -2.32. The van der Waals surface area contributed by atoms with E-state index in [9.17, 15) is 0 Å². The second-order valence-corrected chi connectivity index (χ2v) is 7.18. The lowest BCUT2D eigenvalue weighted by molar-refractivity contribution is 0.311. The number of anilines is 3. The summed E-state index contributed by atoms with van der Waals surface area (Å²) < 4.78 is 0. The summed E-state index contributed by atoms with van der Waals surface area (Å²) in [5, 5.41) is 4.12. The van der Waals surface area contributed by atoms with Gasteiger partial charge in [-0.3, -0.25) is 0 Å². The normalized spacial score (nSPS) is 15.0. The van der Waals surface area contributed by atoms with Gasteiger partial charge in [0.2, 0.25) is 5.95 Å². The van der Waals surface area contributed by atoms with Crippen molar-refractivity contribution in [2.45, 2.75) is 0 Å². The number of hydrogen-bond donors (Lipinski definition) is 1. The first-order chi connectivity index (χ1) is 13.2. The first-order valence-corrected chi connectivity index (χ1v) is 9.45. The molecule has 0 aliphatic carbocycles. The molecule has 0 unspecified atom stereocenters. The molecule has 0 saturated carbocycles. The molecule has 5 nitrogen and oxygen atoms in total. The molecule has 0 spiro atoms. The van der Waals surface area contributed by atoms with Gasteiger partial charge in [-0.1, -0.05) is 35.9 Å². The standard InChI is InChI=1S/C21H22ClN5/c1-26-12-14-27(15-13-26)21-23-11-10-20(25-21)24-19-8-4-17(5-9-19)16-2-6-18(22)7-3-16/h2-11H,12-15H2,1H3,(H,23,24,25). The van der Waals surface area contributed by atoms with Gasteiger partial charge in [-0.2, -0.15) is 4.98 Å². The molecule has 1 saturated heterocycles. The molecular formula is C21H22ClN5. The molecule has 1 N–H and O–H groups in total. The highest BCUT2D eigenvalue weighted by molar-refractivity contribution is 6.30. The lowest BCUT2D eigenvalue weighted by atomic mass is 10.1. The van der Waals surface area contributed by atoms with E-state index in [0.717, 1.165) is 59.8 Å². The maximum Gasteiger partial charge on any atom is 0.227 e. The number of likely N-dealkylation sites (N-methyl/N-ethyl adjacent to an activating group) is 1. The van der Waals surface area contributed by atoms with Crippen LogP contribution in [0.15, 0.2) is 60.8 Å². The third-order valence-corrected chi connectivity index (χ3v) is 5.02. The second kappa shape index (κ2) is 7.94. The van der Waals surface area contributed by atoms with Crippen LogP contribution in [0.4, 0.5) is 17.5 Å². The number of nitrogens with one attached hydrogen (secondary N) is 1. The van der Waals surface area contributed by atoms with Gasteiger partial charge < -0.3 is 15.1 Å². The zero-order chi connectivity index (χ0) is 18.6. The number of aromatic nitrogens is 2. The van der Waals surface area contributed by atoms with E-state index in [1.165, 1.54) is 0 Å². The van der Waals surface area contributed by atoms with Crippen molar-refractivity contribution in [2.75, 3.05) is 43.4 Å². The van der Waals surface area contributed by atoms with Crippen LogP contribution in [0.25, 0.3) is 11.1 Å². The summed E-state index contributed by atoms with van der Waals surface area (Å²) in [5.41, 5.74) is 3.29. The zero-order valence-corrected chi connectivity index (χ0v) is 16.0. The predicted molar refractivity (Wildman–Crippen MR) is 112 cm³/mol. The molecule has 2 aromatic carbocycles. The van der Waals surface area contributed by atoms with Crippen molar-refractivity contribution in [1.29, 1.82) is 0 Å². The van der Waals surface area contributed by atoms with E-state index in [1.54, 1.807) is 0 Å². The molecule has 4 rings (SSSR count). The molecule has 1 fully saturated rings. The molecule has 1 aliphatic rings. The first-order valence-electron chi connectivity index (χ1n) is 9.07. The first kappa shape index (κ1) is 17.8. The summed E-state index contributed by atoms with van der Waals surface area (Å²) in [6, 6.07) is 18.1. The molecule has 0 bridgehead atoms. The second-order valence-electron chi connectivity index (χ2n) is 6.74. The zero-order valence-electron chi connectivity index (χ0n) is 15.3. The van der Waals surface area contributed by atoms with E-state index >= 15 is 0 Å². The Bertz CT molecular complexity index is 887. The molecule has 0 atom stereocenters. The minimum Gasteiger partial charge on any atom is -0.340 e. The highest BCUT2D eigenvalue weighted by Gasteiger charge is 2.16. The van der Waals surface area contributed by atoms with E-state index in [0.29, 0.717) is 0 Å². The van der Waals surface area contributed by atoms with Gasteiger partial charge in [0.05, 0.1) is 0 Å². The third kappa shape index (κ3) is 4.38. The number of hydrogen-bond acceptors (Lipinski definition) is 5. The Kier molecular flexibility index (Phi) is 5.23. The number of nitrogens with zero attached hydrogens (tertiary/aromatic N) is 4. The van der Waals surface area contributed by atoms with Gasteiger partial charge in [-0.05, 0) is 48.5 Å². The van der Waals surface area contributed by atoms with Gasteiger partial charge >= 0.3 is 0 Å². The Hall–Kier alpha value is -2.63. The Balaban J connectivity index is 1.46. The Morgan fingerprint density at radius 1 is 0.852 bits per heavy atom. The Morgan fingerprint density at radius 2 is 1.48 bits per heavy atom. The van der Waals surface area contributed by atoms with Crippen LogP contribution in [0.2, 0.25) is 5.02 Å². The largest absolute Gasteiger partial charge is 0.340 e. The van der Waals surface area contributed by atoms with E-state index in [1.807, 2.05) is 36.5 Å². The Labute approximate surface area is 164 Å². The molecular weight excluding hydrogens is 358 g/mol. The minimum absolute atomic E-state index is 0.747. The van der Waals surface area contributed by atoms with Crippen molar-refractivity contribution in [2.24, 2.45) is 0 Å². The van der Waals surface area contributed by atoms with Crippen LogP contribution in [0.5, 0.6) is 0 Å². The molecule has 0 amide bonds. The summed E-state index contributed by atoms with van der Waals surface area (Å²) in [4.78, 5) is 13.7. The van der Waals surface area contributed by atoms with E-state index in [2.05, 4.69) is 56.4 Å². The molecule has 1 aliphatic heterocycles. The van der Waals surface area contributed by atoms with Crippen LogP contribution < -0.4 is 10.2 Å². The molecule has 6 heteroatoms. The minimum atomic E-state index is 0.747. The van der Waals surface area contributed by atoms with Crippen molar-refractivity contribution in [1.82, 2.24) is 14.9 Å². The maximum atomic E-state index is 5.96. The quantitative estimate of drug-likeness (QED) is 0.732. The number of piperazine rings is 1. The molecule has 0 radical (unpaired) electrons. The smallest absolute Gasteiger partial charge is 0.227 e. The lowest BCUT2D eigenvalue weighted by Crippen LogP contribution is -2.45. The number of rotatable bonds is 4. The Morgan fingerprint density at radius 3 is 2.15 bits per heavy atom. The average molecular weight is 380 g/mol. The van der Waals surface area contributed by atoms with Gasteiger partial charge in [-0.25, -0.2) is 4.98 Å². The molecule has 2 heterocycles. The fraction of sp³-hybridized carbons (Fsp3) is 0.238. The van der Waals surface area contributed by atoms with Crippen LogP contribution in [-0.2, 0) is 0 Å². The van der Waals surface area contributed by atoms with Crippen LogP contribution in [0.1, 0.15) is 0 Å². The summed E-state index contributed by atoms with van der Waals surface area (Å²) in [7, 11) is 2.14. The van der Waals surface area contributed by atoms with Crippen molar-refractivity contribution < 1.29 is 0 Å². The van der Waals surface area contributed by atoms with Crippen LogP contribution in [0, 0.1) is 0 Å². The van der Waals surface area contributed by atoms with Gasteiger partial charge in [-0.15, -0.1) is 0 Å². The summed E-state index contributed by atoms with van der Waals surface area (Å²) in [6.07, 6.45) is 1.81. The summed E-state index contributed by atoms with van der Waals surface area (Å²) in [6.45, 7) is 3.98. The number of halogens is 1. The van der Waals surface area contributed by atoms with Crippen LogP contribution in [0.3, 0.4) is 0 Å². The van der Waals surface area contributed by atoms with Crippen molar-refractivity contribution in [3.63, 3.8) is 0 Å². The molecule has 1 aromatic heterocycles. The molecule has 138 valence electrons. The van der Waals surface area contributed by atoms with Crippen molar-refractivity contribution in [3.05, 3.63) is 65.8 Å². The van der Waals surface area contributed by atoms with Crippen LogP contribution >= 0.6 is 11.6 Å². The fourth-order valence-electron chi connectivity index (χ4n) is 3.11. The number of benzene rings is 2. The maximum absolute atomic E-state index is 5.96. The monoisotopic (exact) mass is 379 g/mol. The average Bonchev–Trinajstić information content (AvgIpc) is 2.70. The fourth-order valence-corrected chi connectivity index (χ4v) is 3.24. The van der Waals surface area contributed by atoms with Gasteiger partial charge in [0, 0.05) is 43.1 Å². The van der Waals surface area contributed by atoms with Crippen LogP contribution in [-0.4, -0.2) is 48.1 Å². The SMILES string of the molecule is CN1CCN(c2nccc(Nc3ccc(-c4ccc(Cl)cc4)cc3)n2)CC1. The molecule has 3 aromatic rings. The summed E-state index contributed by atoms with van der Waals surface area (Å²) >= 11 is 5.96. The predicted octanol–water partition coefficient (Wildman–Crippen LogP) is 4.29.